The molecule has 0 unspecified atom stereocenters. The predicted octanol–water partition coefficient (Wildman–Crippen LogP) is 3.62. The monoisotopic (exact) mass is 308 g/mol. The molecule has 0 saturated heterocycles. The van der Waals surface area contributed by atoms with Gasteiger partial charge >= 0.3 is 16.3 Å². The van der Waals surface area contributed by atoms with Crippen LogP contribution in [-0.4, -0.2) is 20.3 Å². The summed E-state index contributed by atoms with van der Waals surface area (Å²) in [6.07, 6.45) is -0.284. The molecule has 0 bridgehead atoms. The number of halogens is 3. The molecule has 112 valence electrons. The highest BCUT2D eigenvalue weighted by Gasteiger charge is 2.36. The van der Waals surface area contributed by atoms with Crippen LogP contribution in [0.5, 0.6) is 5.75 Å². The van der Waals surface area contributed by atoms with Crippen molar-refractivity contribution >= 4 is 10.1 Å². The average Bonchev–Trinajstić information content (AvgIpc) is 2.79. The van der Waals surface area contributed by atoms with E-state index in [1.807, 2.05) is 0 Å². The van der Waals surface area contributed by atoms with Crippen molar-refractivity contribution < 1.29 is 25.8 Å². The Bertz CT molecular complexity index is 543. The van der Waals surface area contributed by atoms with Crippen molar-refractivity contribution in [1.82, 2.24) is 0 Å². The third-order valence-corrected chi connectivity index (χ3v) is 4.40. The summed E-state index contributed by atoms with van der Waals surface area (Å²) < 4.78 is 63.1. The minimum Gasteiger partial charge on any atom is -0.382 e. The van der Waals surface area contributed by atoms with Crippen LogP contribution >= 0.6 is 0 Å². The Kier molecular flexibility index (Phi) is 4.27. The maximum absolute atomic E-state index is 12.1. The van der Waals surface area contributed by atoms with Crippen molar-refractivity contribution in [2.24, 2.45) is 0 Å². The van der Waals surface area contributed by atoms with Crippen LogP contribution in [0.2, 0.25) is 0 Å². The number of hydrogen-bond donors (Lipinski definition) is 0. The highest BCUT2D eigenvalue weighted by molar-refractivity contribution is 7.87. The molecule has 20 heavy (non-hydrogen) atoms. The lowest BCUT2D eigenvalue weighted by molar-refractivity contribution is -0.107. The van der Waals surface area contributed by atoms with Crippen LogP contribution in [0.25, 0.3) is 0 Å². The first kappa shape index (κ1) is 15.2. The van der Waals surface area contributed by atoms with E-state index in [9.17, 15) is 21.6 Å². The minimum atomic E-state index is -4.80. The first-order chi connectivity index (χ1) is 9.25. The Hall–Kier alpha value is -1.24. The summed E-state index contributed by atoms with van der Waals surface area (Å²) in [5.74, 6) is -1.61. The zero-order valence-electron chi connectivity index (χ0n) is 10.7. The molecule has 0 radical (unpaired) electrons. The van der Waals surface area contributed by atoms with E-state index in [1.54, 1.807) is 12.1 Å². The molecule has 1 aliphatic carbocycles. The van der Waals surface area contributed by atoms with Crippen LogP contribution in [0.1, 0.15) is 37.2 Å². The molecule has 0 aliphatic heterocycles. The Morgan fingerprint density at radius 3 is 2.15 bits per heavy atom. The van der Waals surface area contributed by atoms with E-state index in [1.165, 1.54) is 25.0 Å². The molecule has 0 N–H and O–H groups in total. The molecule has 1 aliphatic rings. The maximum atomic E-state index is 12.1. The topological polar surface area (TPSA) is 43.4 Å². The van der Waals surface area contributed by atoms with Gasteiger partial charge in [-0.1, -0.05) is 25.0 Å². The number of alkyl halides is 3. The number of hydrogen-bond acceptors (Lipinski definition) is 3. The van der Waals surface area contributed by atoms with Crippen molar-refractivity contribution in [3.63, 3.8) is 0 Å². The largest absolute Gasteiger partial charge is 0.406 e. The quantitative estimate of drug-likeness (QED) is 0.798. The Morgan fingerprint density at radius 1 is 1.10 bits per heavy atom. The van der Waals surface area contributed by atoms with E-state index in [0.717, 1.165) is 18.4 Å². The molecule has 0 spiro atoms. The summed E-state index contributed by atoms with van der Waals surface area (Å²) in [5.41, 5.74) is 1.07. The van der Waals surface area contributed by atoms with Gasteiger partial charge in [0.2, 0.25) is 0 Å². The highest BCUT2D eigenvalue weighted by Crippen LogP contribution is 2.34. The summed E-state index contributed by atoms with van der Waals surface area (Å²) in [6.45, 7) is 0. The first-order valence-corrected chi connectivity index (χ1v) is 7.92. The smallest absolute Gasteiger partial charge is 0.382 e. The van der Waals surface area contributed by atoms with Gasteiger partial charge in [0.1, 0.15) is 5.75 Å². The zero-order chi connectivity index (χ0) is 14.8. The van der Waals surface area contributed by atoms with Crippen molar-refractivity contribution in [2.45, 2.75) is 37.8 Å². The van der Waals surface area contributed by atoms with Crippen LogP contribution < -0.4 is 4.18 Å². The Labute approximate surface area is 115 Å². The summed E-state index contributed by atoms with van der Waals surface area (Å²) >= 11 is 0. The fourth-order valence-electron chi connectivity index (χ4n) is 2.43. The van der Waals surface area contributed by atoms with Crippen molar-refractivity contribution in [3.05, 3.63) is 29.8 Å². The van der Waals surface area contributed by atoms with E-state index in [2.05, 4.69) is 4.18 Å². The molecule has 1 fully saturated rings. The molecule has 3 nitrogen and oxygen atoms in total. The second-order valence-corrected chi connectivity index (χ2v) is 6.52. The van der Waals surface area contributed by atoms with E-state index in [-0.39, 0.29) is 5.75 Å². The van der Waals surface area contributed by atoms with E-state index >= 15 is 0 Å². The first-order valence-electron chi connectivity index (χ1n) is 6.34. The molecule has 0 amide bonds. The van der Waals surface area contributed by atoms with Crippen LogP contribution in [0, 0.1) is 0 Å². The lowest BCUT2D eigenvalue weighted by Gasteiger charge is -2.12. The van der Waals surface area contributed by atoms with Gasteiger partial charge in [0.05, 0.1) is 0 Å². The van der Waals surface area contributed by atoms with Crippen LogP contribution in [-0.2, 0) is 10.1 Å². The second kappa shape index (κ2) is 5.63. The Morgan fingerprint density at radius 2 is 1.65 bits per heavy atom. The Balaban J connectivity index is 2.03. The summed E-state index contributed by atoms with van der Waals surface area (Å²) in [4.78, 5) is 0. The molecule has 7 heteroatoms. The summed E-state index contributed by atoms with van der Waals surface area (Å²) in [6, 6.07) is 6.24. The van der Waals surface area contributed by atoms with Gasteiger partial charge in [-0.05, 0) is 36.5 Å². The third kappa shape index (κ3) is 4.40. The van der Waals surface area contributed by atoms with Gasteiger partial charge in [-0.2, -0.15) is 21.6 Å². The lowest BCUT2D eigenvalue weighted by atomic mass is 9.98. The SMILES string of the molecule is O=S(=O)(CC(F)(F)F)Oc1ccc(C2CCCC2)cc1. The second-order valence-electron chi connectivity index (χ2n) is 4.95. The van der Waals surface area contributed by atoms with Crippen molar-refractivity contribution in [2.75, 3.05) is 5.75 Å². The summed E-state index contributed by atoms with van der Waals surface area (Å²) in [7, 11) is -4.65. The fraction of sp³-hybridized carbons (Fsp3) is 0.538. The van der Waals surface area contributed by atoms with Crippen molar-refractivity contribution in [3.8, 4) is 5.75 Å². The summed E-state index contributed by atoms with van der Waals surface area (Å²) in [5, 5.41) is 0. The molecular weight excluding hydrogens is 293 g/mol. The standard InChI is InChI=1S/C13H15F3O3S/c14-13(15,16)9-20(17,18)19-12-7-5-11(6-8-12)10-3-1-2-4-10/h5-8,10H,1-4,9H2. The van der Waals surface area contributed by atoms with E-state index in [0.29, 0.717) is 5.92 Å². The molecule has 1 aromatic rings. The van der Waals surface area contributed by atoms with Crippen LogP contribution in [0.4, 0.5) is 13.2 Å². The normalized spacial score (nSPS) is 17.4. The number of rotatable bonds is 4. The van der Waals surface area contributed by atoms with Gasteiger partial charge in [0.25, 0.3) is 0 Å². The molecule has 1 saturated carbocycles. The van der Waals surface area contributed by atoms with Gasteiger partial charge < -0.3 is 4.18 Å². The van der Waals surface area contributed by atoms with Gasteiger partial charge in [-0.15, -0.1) is 0 Å². The lowest BCUT2D eigenvalue weighted by Crippen LogP contribution is -2.26. The van der Waals surface area contributed by atoms with E-state index in [4.69, 9.17) is 0 Å². The molecule has 2 rings (SSSR count). The maximum Gasteiger partial charge on any atom is 0.406 e. The molecule has 0 atom stereocenters. The molecule has 0 aromatic heterocycles. The third-order valence-electron chi connectivity index (χ3n) is 3.27. The fourth-order valence-corrected chi connectivity index (χ4v) is 3.30. The molecule has 0 heterocycles. The van der Waals surface area contributed by atoms with Gasteiger partial charge in [-0.3, -0.25) is 0 Å². The zero-order valence-corrected chi connectivity index (χ0v) is 11.5. The number of benzene rings is 1. The van der Waals surface area contributed by atoms with E-state index < -0.39 is 22.0 Å². The minimum absolute atomic E-state index is 0.0870. The van der Waals surface area contributed by atoms with Crippen LogP contribution in [0.15, 0.2) is 24.3 Å². The average molecular weight is 308 g/mol. The van der Waals surface area contributed by atoms with Crippen molar-refractivity contribution in [1.29, 1.82) is 0 Å². The van der Waals surface area contributed by atoms with Gasteiger partial charge in [-0.25, -0.2) is 0 Å². The predicted molar refractivity (Wildman–Crippen MR) is 68.1 cm³/mol. The van der Waals surface area contributed by atoms with Gasteiger partial charge in [0, 0.05) is 0 Å². The highest BCUT2D eigenvalue weighted by atomic mass is 32.2. The molecule has 1 aromatic carbocycles. The van der Waals surface area contributed by atoms with Crippen LogP contribution in [0.3, 0.4) is 0 Å². The van der Waals surface area contributed by atoms with Gasteiger partial charge in [0.15, 0.2) is 5.75 Å². The molecular formula is C13H15F3O3S.